The van der Waals surface area contributed by atoms with Gasteiger partial charge in [-0.2, -0.15) is 0 Å². The number of hydrogen-bond donors (Lipinski definition) is 2. The Morgan fingerprint density at radius 1 is 0.702 bits per heavy atom. The van der Waals surface area contributed by atoms with Crippen LogP contribution in [-0.4, -0.2) is 46.7 Å². The molecule has 2 aromatic carbocycles. The summed E-state index contributed by atoms with van der Waals surface area (Å²) in [6.07, 6.45) is 11.3. The number of carboxylic acids is 2. The second kappa shape index (κ2) is 20.3. The number of aryl methyl sites for hydroxylation is 2. The number of phenolic OH excluding ortho intramolecular Hbond substituents is 2. The molecule has 0 saturated heterocycles. The monoisotopic (exact) mass is 695 g/mol. The van der Waals surface area contributed by atoms with Crippen molar-refractivity contribution >= 4 is 24.4 Å². The number of aliphatic carboxylic acids is 2. The first-order chi connectivity index (χ1) is 21.2. The van der Waals surface area contributed by atoms with Gasteiger partial charge in [-0.25, -0.2) is 0 Å². The van der Waals surface area contributed by atoms with Gasteiger partial charge in [-0.1, -0.05) is 67.5 Å². The fraction of sp³-hybridized carbons (Fsp3) is 0.579. The summed E-state index contributed by atoms with van der Waals surface area (Å²) in [5.41, 5.74) is 6.55. The second-order valence-corrected chi connectivity index (χ2v) is 14.6. The van der Waals surface area contributed by atoms with Gasteiger partial charge in [0.15, 0.2) is 0 Å². The summed E-state index contributed by atoms with van der Waals surface area (Å²) >= 11 is 0. The van der Waals surface area contributed by atoms with Crippen LogP contribution in [0, 0.1) is 10.8 Å². The third-order valence-electron chi connectivity index (χ3n) is 7.30. The Morgan fingerprint density at radius 3 is 1.21 bits per heavy atom. The van der Waals surface area contributed by atoms with Crippen molar-refractivity contribution in [1.82, 2.24) is 0 Å². The molecule has 0 aliphatic heterocycles. The van der Waals surface area contributed by atoms with Crippen LogP contribution in [0.4, 0.5) is 0 Å². The zero-order valence-electron chi connectivity index (χ0n) is 30.0. The summed E-state index contributed by atoms with van der Waals surface area (Å²) in [5, 5.41) is 39.3. The van der Waals surface area contributed by atoms with Crippen molar-refractivity contribution in [1.29, 1.82) is 0 Å². The van der Waals surface area contributed by atoms with E-state index < -0.39 is 11.9 Å². The first-order valence-electron chi connectivity index (χ1n) is 16.4. The van der Waals surface area contributed by atoms with Crippen LogP contribution in [-0.2, 0) is 52.1 Å². The molecule has 1 radical (unpaired) electrons. The Morgan fingerprint density at radius 2 is 0.979 bits per heavy atom. The maximum Gasteiger partial charge on any atom is 2.00 e. The second-order valence-electron chi connectivity index (χ2n) is 14.6. The van der Waals surface area contributed by atoms with Crippen LogP contribution in [0.3, 0.4) is 0 Å². The van der Waals surface area contributed by atoms with Crippen molar-refractivity contribution < 1.29 is 46.8 Å². The SMILES string of the molecule is CC(=O)[O-].CC(=O)[O-].CCc1cc(CC(C)(C)C)cc(C=NC2CCC(N=Cc3cc(CC(C)(C)C)cc(CC)c3O)CC2)c1O.[Co+2]. The Hall–Kier alpha value is -3.17. The van der Waals surface area contributed by atoms with Crippen LogP contribution in [0.5, 0.6) is 11.5 Å². The van der Waals surface area contributed by atoms with Gasteiger partial charge in [0.25, 0.3) is 0 Å². The largest absolute Gasteiger partial charge is 2.00 e. The van der Waals surface area contributed by atoms with E-state index in [1.54, 1.807) is 0 Å². The van der Waals surface area contributed by atoms with Gasteiger partial charge in [0.1, 0.15) is 11.5 Å². The predicted octanol–water partition coefficient (Wildman–Crippen LogP) is 5.76. The first kappa shape index (κ1) is 43.8. The fourth-order valence-corrected chi connectivity index (χ4v) is 5.47. The zero-order chi connectivity index (χ0) is 35.2. The molecule has 263 valence electrons. The molecule has 0 amide bonds. The number of phenols is 2. The molecular formula is C38H56CoN2O6. The van der Waals surface area contributed by atoms with Crippen LogP contribution < -0.4 is 10.2 Å². The Bertz CT molecular complexity index is 1240. The molecule has 2 N–H and O–H groups in total. The van der Waals surface area contributed by atoms with E-state index >= 15 is 0 Å². The molecule has 3 rings (SSSR count). The zero-order valence-corrected chi connectivity index (χ0v) is 31.1. The minimum atomic E-state index is -1.08. The smallest absolute Gasteiger partial charge is 0.550 e. The first-order valence-corrected chi connectivity index (χ1v) is 16.4. The van der Waals surface area contributed by atoms with Crippen LogP contribution >= 0.6 is 0 Å². The van der Waals surface area contributed by atoms with Crippen molar-refractivity contribution in [3.05, 3.63) is 57.6 Å². The molecule has 0 spiro atoms. The van der Waals surface area contributed by atoms with Gasteiger partial charge in [-0.3, -0.25) is 9.98 Å². The van der Waals surface area contributed by atoms with Crippen molar-refractivity contribution in [3.63, 3.8) is 0 Å². The van der Waals surface area contributed by atoms with Gasteiger partial charge in [0, 0.05) is 35.5 Å². The molecule has 9 heteroatoms. The molecule has 1 saturated carbocycles. The normalized spacial score (nSPS) is 16.5. The number of benzene rings is 2. The Kier molecular flexibility index (Phi) is 18.9. The number of aliphatic imine (C=N–C) groups is 2. The average Bonchev–Trinajstić information content (AvgIpc) is 2.91. The molecule has 1 aliphatic carbocycles. The maximum atomic E-state index is 10.8. The van der Waals surface area contributed by atoms with Crippen molar-refractivity contribution in [2.75, 3.05) is 0 Å². The fourth-order valence-electron chi connectivity index (χ4n) is 5.47. The third-order valence-corrected chi connectivity index (χ3v) is 7.30. The molecule has 1 fully saturated rings. The molecule has 47 heavy (non-hydrogen) atoms. The van der Waals surface area contributed by atoms with E-state index in [0.29, 0.717) is 11.5 Å². The standard InChI is InChI=1S/C34H50N2O2.2C2H4O2.Co/c1-9-25-15-23(19-33(3,4)5)17-27(31(25)37)21-35-29-11-13-30(14-12-29)36-22-28-18-24(20-34(6,7)8)16-26(10-2)32(28)38;2*1-2(3)4;/h15-18,21-22,29-30,37-38H,9-14,19-20H2,1-8H3;2*1H3,(H,3,4);/q;;;+2/p-2. The molecule has 0 heterocycles. The van der Waals surface area contributed by atoms with E-state index in [1.807, 2.05) is 12.4 Å². The van der Waals surface area contributed by atoms with E-state index in [1.165, 1.54) is 11.1 Å². The van der Waals surface area contributed by atoms with Crippen LogP contribution in [0.2, 0.25) is 0 Å². The summed E-state index contributed by atoms with van der Waals surface area (Å²) in [5.74, 6) is -1.43. The van der Waals surface area contributed by atoms with Crippen molar-refractivity contribution in [2.24, 2.45) is 20.8 Å². The van der Waals surface area contributed by atoms with E-state index in [2.05, 4.69) is 79.7 Å². The van der Waals surface area contributed by atoms with Crippen LogP contribution in [0.25, 0.3) is 0 Å². The summed E-state index contributed by atoms with van der Waals surface area (Å²) < 4.78 is 0. The number of carbonyl (C=O) groups excluding carboxylic acids is 2. The summed E-state index contributed by atoms with van der Waals surface area (Å²) in [6.45, 7) is 19.6. The third kappa shape index (κ3) is 18.1. The van der Waals surface area contributed by atoms with Gasteiger partial charge < -0.3 is 30.0 Å². The Labute approximate surface area is 293 Å². The summed E-state index contributed by atoms with van der Waals surface area (Å²) in [4.78, 5) is 27.5. The Balaban J connectivity index is 0.00000211. The van der Waals surface area contributed by atoms with Gasteiger partial charge in [0.2, 0.25) is 0 Å². The molecule has 0 aromatic heterocycles. The molecule has 0 bridgehead atoms. The van der Waals surface area contributed by atoms with Crippen LogP contribution in [0.1, 0.15) is 128 Å². The quantitative estimate of drug-likeness (QED) is 0.336. The maximum absolute atomic E-state index is 10.8. The van der Waals surface area contributed by atoms with E-state index in [0.717, 1.165) is 87.5 Å². The van der Waals surface area contributed by atoms with E-state index in [4.69, 9.17) is 29.8 Å². The topological polar surface area (TPSA) is 145 Å². The summed E-state index contributed by atoms with van der Waals surface area (Å²) in [6, 6.07) is 9.00. The van der Waals surface area contributed by atoms with Gasteiger partial charge in [0.05, 0.1) is 12.1 Å². The van der Waals surface area contributed by atoms with E-state index in [-0.39, 0.29) is 39.7 Å². The molecule has 1 aliphatic rings. The summed E-state index contributed by atoms with van der Waals surface area (Å²) in [7, 11) is 0. The molecule has 0 unspecified atom stereocenters. The minimum Gasteiger partial charge on any atom is -0.550 e. The van der Waals surface area contributed by atoms with Gasteiger partial charge >= 0.3 is 16.8 Å². The van der Waals surface area contributed by atoms with E-state index in [9.17, 15) is 10.2 Å². The van der Waals surface area contributed by atoms with Gasteiger partial charge in [-0.15, -0.1) is 0 Å². The number of rotatable bonds is 8. The average molecular weight is 696 g/mol. The van der Waals surface area contributed by atoms with Crippen molar-refractivity contribution in [3.8, 4) is 11.5 Å². The molecule has 0 atom stereocenters. The number of carbonyl (C=O) groups is 2. The number of nitrogens with zero attached hydrogens (tertiary/aromatic N) is 2. The molecule has 2 aromatic rings. The van der Waals surface area contributed by atoms with Gasteiger partial charge in [-0.05, 0) is 110 Å². The molecular weight excluding hydrogens is 639 g/mol. The number of carboxylic acid groups (broad SMARTS) is 2. The predicted molar refractivity (Wildman–Crippen MR) is 184 cm³/mol. The molecule has 8 nitrogen and oxygen atoms in total. The number of aromatic hydroxyl groups is 2. The van der Waals surface area contributed by atoms with Crippen molar-refractivity contribution in [2.45, 2.75) is 133 Å². The van der Waals surface area contributed by atoms with Crippen LogP contribution in [0.15, 0.2) is 34.3 Å². The number of hydrogen-bond acceptors (Lipinski definition) is 8. The minimum absolute atomic E-state index is 0.